The first-order valence-electron chi connectivity index (χ1n) is 6.55. The van der Waals surface area contributed by atoms with Gasteiger partial charge in [-0.3, -0.25) is 9.69 Å². The Morgan fingerprint density at radius 1 is 1.47 bits per heavy atom. The van der Waals surface area contributed by atoms with Gasteiger partial charge in [0.1, 0.15) is 0 Å². The van der Waals surface area contributed by atoms with Gasteiger partial charge in [-0.15, -0.1) is 11.3 Å². The Labute approximate surface area is 125 Å². The maximum atomic E-state index is 12.1. The lowest BCUT2D eigenvalue weighted by Gasteiger charge is -2.34. The molecule has 1 saturated carbocycles. The highest BCUT2D eigenvalue weighted by atomic mass is 79.9. The summed E-state index contributed by atoms with van der Waals surface area (Å²) in [4.78, 5) is 15.3. The third-order valence-corrected chi connectivity index (χ3v) is 5.57. The van der Waals surface area contributed by atoms with Crippen LogP contribution in [-0.4, -0.2) is 49.2 Å². The Balaban J connectivity index is 1.55. The lowest BCUT2D eigenvalue weighted by atomic mass is 10.2. The minimum Gasteiger partial charge on any atom is -0.379 e. The summed E-state index contributed by atoms with van der Waals surface area (Å²) in [5.41, 5.74) is 0.202. The molecule has 1 saturated heterocycles. The van der Waals surface area contributed by atoms with Crippen LogP contribution in [-0.2, 0) is 4.74 Å². The molecular weight excluding hydrogens is 328 g/mol. The first kappa shape index (κ1) is 13.5. The summed E-state index contributed by atoms with van der Waals surface area (Å²) in [5, 5.41) is 5.01. The number of carbonyl (C=O) groups excluding carboxylic acids is 1. The highest BCUT2D eigenvalue weighted by Gasteiger charge is 2.48. The van der Waals surface area contributed by atoms with Crippen molar-refractivity contribution >= 4 is 33.2 Å². The standard InChI is InChI=1S/C13H17BrN2O2S/c14-10-7-11(19-8-10)12(17)15-9-13(1-2-13)16-3-5-18-6-4-16/h7-8H,1-6,9H2,(H,15,17). The summed E-state index contributed by atoms with van der Waals surface area (Å²) in [7, 11) is 0. The fourth-order valence-corrected chi connectivity index (χ4v) is 3.89. The Morgan fingerprint density at radius 2 is 2.21 bits per heavy atom. The fourth-order valence-electron chi connectivity index (χ4n) is 2.55. The summed E-state index contributed by atoms with van der Waals surface area (Å²) >= 11 is 4.85. The van der Waals surface area contributed by atoms with E-state index in [-0.39, 0.29) is 11.4 Å². The zero-order chi connectivity index (χ0) is 13.3. The first-order valence-corrected chi connectivity index (χ1v) is 8.22. The van der Waals surface area contributed by atoms with Crippen molar-refractivity contribution in [3.8, 4) is 0 Å². The predicted molar refractivity (Wildman–Crippen MR) is 78.7 cm³/mol. The van der Waals surface area contributed by atoms with Gasteiger partial charge in [-0.05, 0) is 34.8 Å². The first-order chi connectivity index (χ1) is 9.20. The van der Waals surface area contributed by atoms with Crippen LogP contribution in [0.5, 0.6) is 0 Å². The average molecular weight is 345 g/mol. The van der Waals surface area contributed by atoms with Crippen LogP contribution in [0.4, 0.5) is 0 Å². The van der Waals surface area contributed by atoms with Crippen molar-refractivity contribution in [2.24, 2.45) is 0 Å². The van der Waals surface area contributed by atoms with Gasteiger partial charge >= 0.3 is 0 Å². The van der Waals surface area contributed by atoms with E-state index in [0.29, 0.717) is 0 Å². The van der Waals surface area contributed by atoms with Gasteiger partial charge < -0.3 is 10.1 Å². The molecule has 1 aromatic heterocycles. The van der Waals surface area contributed by atoms with Gasteiger partial charge in [-0.2, -0.15) is 0 Å². The van der Waals surface area contributed by atoms with Crippen molar-refractivity contribution in [1.82, 2.24) is 10.2 Å². The van der Waals surface area contributed by atoms with Crippen molar-refractivity contribution in [1.29, 1.82) is 0 Å². The Morgan fingerprint density at radius 3 is 2.79 bits per heavy atom. The average Bonchev–Trinajstić information content (AvgIpc) is 3.12. The highest BCUT2D eigenvalue weighted by Crippen LogP contribution is 2.41. The minimum absolute atomic E-state index is 0.0373. The van der Waals surface area contributed by atoms with Crippen LogP contribution >= 0.6 is 27.3 Å². The molecule has 2 aliphatic rings. The molecule has 4 nitrogen and oxygen atoms in total. The lowest BCUT2D eigenvalue weighted by Crippen LogP contribution is -2.50. The second-order valence-corrected chi connectivity index (χ2v) is 6.96. The molecule has 0 radical (unpaired) electrons. The topological polar surface area (TPSA) is 41.6 Å². The number of nitrogens with zero attached hydrogens (tertiary/aromatic N) is 1. The van der Waals surface area contributed by atoms with Crippen molar-refractivity contribution in [2.75, 3.05) is 32.8 Å². The van der Waals surface area contributed by atoms with E-state index in [0.717, 1.165) is 42.2 Å². The predicted octanol–water partition coefficient (Wildman–Crippen LogP) is 2.11. The van der Waals surface area contributed by atoms with E-state index in [1.54, 1.807) is 0 Å². The normalized spacial score (nSPS) is 22.2. The maximum absolute atomic E-state index is 12.1. The van der Waals surface area contributed by atoms with E-state index in [1.165, 1.54) is 24.2 Å². The van der Waals surface area contributed by atoms with Crippen LogP contribution < -0.4 is 5.32 Å². The van der Waals surface area contributed by atoms with Crippen LogP contribution in [0.1, 0.15) is 22.5 Å². The monoisotopic (exact) mass is 344 g/mol. The van der Waals surface area contributed by atoms with E-state index in [2.05, 4.69) is 26.1 Å². The molecule has 1 aliphatic carbocycles. The van der Waals surface area contributed by atoms with E-state index < -0.39 is 0 Å². The van der Waals surface area contributed by atoms with Crippen LogP contribution in [0.3, 0.4) is 0 Å². The number of rotatable bonds is 4. The molecule has 19 heavy (non-hydrogen) atoms. The minimum atomic E-state index is 0.0373. The van der Waals surface area contributed by atoms with Crippen LogP contribution in [0.2, 0.25) is 0 Å². The van der Waals surface area contributed by atoms with Gasteiger partial charge in [-0.25, -0.2) is 0 Å². The molecule has 0 bridgehead atoms. The van der Waals surface area contributed by atoms with Crippen molar-refractivity contribution < 1.29 is 9.53 Å². The number of amides is 1. The SMILES string of the molecule is O=C(NCC1(N2CCOCC2)CC1)c1cc(Br)cs1. The summed E-state index contributed by atoms with van der Waals surface area (Å²) in [6.45, 7) is 4.35. The molecule has 2 heterocycles. The summed E-state index contributed by atoms with van der Waals surface area (Å²) < 4.78 is 6.36. The molecular formula is C13H17BrN2O2S. The molecule has 1 aromatic rings. The summed E-state index contributed by atoms with van der Waals surface area (Å²) in [6.07, 6.45) is 2.36. The zero-order valence-corrected chi connectivity index (χ0v) is 13.1. The van der Waals surface area contributed by atoms with Gasteiger partial charge in [0.15, 0.2) is 0 Å². The van der Waals surface area contributed by atoms with Crippen LogP contribution in [0.15, 0.2) is 15.9 Å². The molecule has 0 atom stereocenters. The number of thiophene rings is 1. The fraction of sp³-hybridized carbons (Fsp3) is 0.615. The Bertz CT molecular complexity index is 467. The van der Waals surface area contributed by atoms with Gasteiger partial charge in [0.05, 0.1) is 18.1 Å². The number of nitrogens with one attached hydrogen (secondary N) is 1. The van der Waals surface area contributed by atoms with Crippen molar-refractivity contribution in [3.63, 3.8) is 0 Å². The molecule has 1 N–H and O–H groups in total. The number of halogens is 1. The van der Waals surface area contributed by atoms with Gasteiger partial charge in [0.25, 0.3) is 5.91 Å². The Hall–Kier alpha value is -0.430. The highest BCUT2D eigenvalue weighted by molar-refractivity contribution is 9.10. The quantitative estimate of drug-likeness (QED) is 0.909. The van der Waals surface area contributed by atoms with Crippen molar-refractivity contribution in [3.05, 3.63) is 20.8 Å². The second-order valence-electron chi connectivity index (χ2n) is 5.14. The summed E-state index contributed by atoms with van der Waals surface area (Å²) in [5.74, 6) is 0.0373. The number of carbonyl (C=O) groups is 1. The smallest absolute Gasteiger partial charge is 0.261 e. The third-order valence-electron chi connectivity index (χ3n) is 3.88. The van der Waals surface area contributed by atoms with Gasteiger partial charge in [0.2, 0.25) is 0 Å². The molecule has 0 aromatic carbocycles. The van der Waals surface area contributed by atoms with Crippen LogP contribution in [0.25, 0.3) is 0 Å². The number of hydrogen-bond donors (Lipinski definition) is 1. The molecule has 3 rings (SSSR count). The maximum Gasteiger partial charge on any atom is 0.261 e. The van der Waals surface area contributed by atoms with E-state index in [1.807, 2.05) is 11.4 Å². The molecule has 104 valence electrons. The molecule has 1 amide bonds. The second kappa shape index (κ2) is 5.52. The van der Waals surface area contributed by atoms with Gasteiger partial charge in [-0.1, -0.05) is 0 Å². The van der Waals surface area contributed by atoms with E-state index in [4.69, 9.17) is 4.74 Å². The lowest BCUT2D eigenvalue weighted by molar-refractivity contribution is 0.00977. The van der Waals surface area contributed by atoms with Gasteiger partial charge in [0, 0.05) is 35.0 Å². The van der Waals surface area contributed by atoms with Crippen molar-refractivity contribution in [2.45, 2.75) is 18.4 Å². The summed E-state index contributed by atoms with van der Waals surface area (Å²) in [6, 6.07) is 1.87. The van der Waals surface area contributed by atoms with E-state index in [9.17, 15) is 4.79 Å². The molecule has 0 unspecified atom stereocenters. The molecule has 1 aliphatic heterocycles. The largest absolute Gasteiger partial charge is 0.379 e. The Kier molecular flexibility index (Phi) is 3.93. The molecule has 0 spiro atoms. The number of ether oxygens (including phenoxy) is 1. The number of hydrogen-bond acceptors (Lipinski definition) is 4. The molecule has 6 heteroatoms. The van der Waals surface area contributed by atoms with E-state index >= 15 is 0 Å². The third kappa shape index (κ3) is 3.02. The van der Waals surface area contributed by atoms with Crippen LogP contribution in [0, 0.1) is 0 Å². The zero-order valence-electron chi connectivity index (χ0n) is 10.7. The molecule has 2 fully saturated rings. The number of morpholine rings is 1.